The van der Waals surface area contributed by atoms with E-state index in [1.165, 1.54) is 11.8 Å². The predicted octanol–water partition coefficient (Wildman–Crippen LogP) is 3.31. The minimum atomic E-state index is -0.254. The van der Waals surface area contributed by atoms with Crippen LogP contribution in [0.3, 0.4) is 0 Å². The summed E-state index contributed by atoms with van der Waals surface area (Å²) in [5.74, 6) is -0.254. The maximum Gasteiger partial charge on any atom is 0.317 e. The fourth-order valence-corrected chi connectivity index (χ4v) is 3.04. The Bertz CT molecular complexity index is 773. The highest BCUT2D eigenvalue weighted by molar-refractivity contribution is 5.73. The molecule has 1 fully saturated rings. The summed E-state index contributed by atoms with van der Waals surface area (Å²) < 4.78 is 19.0. The molecule has 0 saturated carbocycles. The van der Waals surface area contributed by atoms with Gasteiger partial charge in [-0.3, -0.25) is 0 Å². The number of benzene rings is 2. The van der Waals surface area contributed by atoms with E-state index in [-0.39, 0.29) is 11.8 Å². The first-order valence-corrected chi connectivity index (χ1v) is 9.18. The summed E-state index contributed by atoms with van der Waals surface area (Å²) in [4.78, 5) is 16.2. The first kappa shape index (κ1) is 19.2. The van der Waals surface area contributed by atoms with Crippen LogP contribution in [0.25, 0.3) is 0 Å². The third kappa shape index (κ3) is 5.20. The van der Waals surface area contributed by atoms with Gasteiger partial charge >= 0.3 is 6.03 Å². The molecule has 2 amide bonds. The zero-order valence-corrected chi connectivity index (χ0v) is 15.9. The molecule has 1 aliphatic rings. The molecular weight excluding hydrogens is 345 g/mol. The average Bonchev–Trinajstić information content (AvgIpc) is 2.70. The number of hydrogen-bond donors (Lipinski definition) is 1. The lowest BCUT2D eigenvalue weighted by atomic mass is 10.1. The lowest BCUT2D eigenvalue weighted by Crippen LogP contribution is -2.36. The molecule has 0 aromatic heterocycles. The van der Waals surface area contributed by atoms with Crippen LogP contribution in [-0.2, 0) is 17.8 Å². The molecule has 0 unspecified atom stereocenters. The molecule has 1 heterocycles. The van der Waals surface area contributed by atoms with Crippen molar-refractivity contribution in [2.75, 3.05) is 38.3 Å². The Kier molecular flexibility index (Phi) is 6.29. The largest absolute Gasteiger partial charge is 0.378 e. The number of halogens is 1. The molecular formula is C21H26FN3O2. The van der Waals surface area contributed by atoms with Gasteiger partial charge in [-0.25, -0.2) is 9.18 Å². The number of aryl methyl sites for hydroxylation is 1. The monoisotopic (exact) mass is 371 g/mol. The van der Waals surface area contributed by atoms with E-state index < -0.39 is 0 Å². The Morgan fingerprint density at radius 2 is 1.81 bits per heavy atom. The highest BCUT2D eigenvalue weighted by atomic mass is 19.1. The quantitative estimate of drug-likeness (QED) is 0.877. The van der Waals surface area contributed by atoms with Crippen LogP contribution in [0.5, 0.6) is 0 Å². The van der Waals surface area contributed by atoms with Crippen molar-refractivity contribution < 1.29 is 13.9 Å². The third-order valence-electron chi connectivity index (χ3n) is 4.76. The van der Waals surface area contributed by atoms with Crippen molar-refractivity contribution in [1.82, 2.24) is 10.2 Å². The van der Waals surface area contributed by atoms with E-state index in [4.69, 9.17) is 4.74 Å². The number of nitrogens with zero attached hydrogens (tertiary/aromatic N) is 2. The zero-order valence-electron chi connectivity index (χ0n) is 15.9. The molecule has 1 saturated heterocycles. The molecule has 5 nitrogen and oxygen atoms in total. The van der Waals surface area contributed by atoms with E-state index in [9.17, 15) is 9.18 Å². The Morgan fingerprint density at radius 1 is 1.15 bits per heavy atom. The summed E-state index contributed by atoms with van der Waals surface area (Å²) in [6.45, 7) is 5.86. The molecule has 0 radical (unpaired) electrons. The molecule has 144 valence electrons. The summed E-state index contributed by atoms with van der Waals surface area (Å²) in [7, 11) is 1.75. The Balaban J connectivity index is 1.50. The molecule has 6 heteroatoms. The van der Waals surface area contributed by atoms with Crippen LogP contribution in [0.2, 0.25) is 0 Å². The van der Waals surface area contributed by atoms with Crippen molar-refractivity contribution in [3.8, 4) is 0 Å². The first-order chi connectivity index (χ1) is 13.0. The molecule has 1 aliphatic heterocycles. The summed E-state index contributed by atoms with van der Waals surface area (Å²) in [5.41, 5.74) is 3.58. The van der Waals surface area contributed by atoms with Crippen LogP contribution in [0.1, 0.15) is 16.7 Å². The van der Waals surface area contributed by atoms with Crippen molar-refractivity contribution in [2.45, 2.75) is 20.0 Å². The number of amides is 2. The maximum atomic E-state index is 13.6. The van der Waals surface area contributed by atoms with Crippen molar-refractivity contribution in [3.05, 3.63) is 65.0 Å². The number of ether oxygens (including phenoxy) is 1. The van der Waals surface area contributed by atoms with Gasteiger partial charge < -0.3 is 19.9 Å². The predicted molar refractivity (Wildman–Crippen MR) is 104 cm³/mol. The zero-order chi connectivity index (χ0) is 19.2. The van der Waals surface area contributed by atoms with Crippen LogP contribution < -0.4 is 10.2 Å². The Morgan fingerprint density at radius 3 is 2.48 bits per heavy atom. The van der Waals surface area contributed by atoms with Crippen molar-refractivity contribution >= 4 is 11.7 Å². The highest BCUT2D eigenvalue weighted by Crippen LogP contribution is 2.17. The van der Waals surface area contributed by atoms with Gasteiger partial charge in [-0.15, -0.1) is 0 Å². The fraction of sp³-hybridized carbons (Fsp3) is 0.381. The van der Waals surface area contributed by atoms with Gasteiger partial charge in [-0.05, 0) is 41.8 Å². The Labute approximate surface area is 159 Å². The molecule has 2 aromatic rings. The number of carbonyl (C=O) groups excluding carboxylic acids is 1. The second kappa shape index (κ2) is 8.86. The van der Waals surface area contributed by atoms with E-state index in [1.807, 2.05) is 18.2 Å². The lowest BCUT2D eigenvalue weighted by molar-refractivity contribution is 0.122. The first-order valence-electron chi connectivity index (χ1n) is 9.18. The number of carbonyl (C=O) groups is 1. The number of rotatable bonds is 5. The minimum Gasteiger partial charge on any atom is -0.378 e. The highest BCUT2D eigenvalue weighted by Gasteiger charge is 2.12. The fourth-order valence-electron chi connectivity index (χ4n) is 3.04. The topological polar surface area (TPSA) is 44.8 Å². The molecule has 27 heavy (non-hydrogen) atoms. The van der Waals surface area contributed by atoms with Crippen LogP contribution in [0.15, 0.2) is 42.5 Å². The van der Waals surface area contributed by atoms with Gasteiger partial charge in [-0.2, -0.15) is 0 Å². The van der Waals surface area contributed by atoms with E-state index in [0.717, 1.165) is 37.4 Å². The van der Waals surface area contributed by atoms with E-state index in [0.29, 0.717) is 18.7 Å². The summed E-state index contributed by atoms with van der Waals surface area (Å²) >= 11 is 0. The van der Waals surface area contributed by atoms with Gasteiger partial charge in [0.05, 0.1) is 13.2 Å². The standard InChI is InChI=1S/C21H26FN3O2/c1-16-3-4-18(13-20(16)22)14-23-21(26)24(2)15-17-5-7-19(8-6-17)25-9-11-27-12-10-25/h3-8,13H,9-12,14-15H2,1-2H3,(H,23,26). The summed E-state index contributed by atoms with van der Waals surface area (Å²) in [6, 6.07) is 13.1. The van der Waals surface area contributed by atoms with Crippen LogP contribution in [0, 0.1) is 12.7 Å². The van der Waals surface area contributed by atoms with E-state index in [2.05, 4.69) is 22.3 Å². The number of morpholine rings is 1. The SMILES string of the molecule is Cc1ccc(CNC(=O)N(C)Cc2ccc(N3CCOCC3)cc2)cc1F. The van der Waals surface area contributed by atoms with E-state index in [1.54, 1.807) is 24.9 Å². The van der Waals surface area contributed by atoms with Crippen LogP contribution >= 0.6 is 0 Å². The Hall–Kier alpha value is -2.60. The van der Waals surface area contributed by atoms with Crippen molar-refractivity contribution in [3.63, 3.8) is 0 Å². The normalized spacial score (nSPS) is 14.1. The average molecular weight is 371 g/mol. The van der Waals surface area contributed by atoms with Crippen molar-refractivity contribution in [1.29, 1.82) is 0 Å². The van der Waals surface area contributed by atoms with Gasteiger partial charge in [0, 0.05) is 38.9 Å². The van der Waals surface area contributed by atoms with Gasteiger partial charge in [0.25, 0.3) is 0 Å². The molecule has 0 bridgehead atoms. The third-order valence-corrected chi connectivity index (χ3v) is 4.76. The van der Waals surface area contributed by atoms with Gasteiger partial charge in [0.1, 0.15) is 5.82 Å². The smallest absolute Gasteiger partial charge is 0.317 e. The summed E-state index contributed by atoms with van der Waals surface area (Å²) in [6.07, 6.45) is 0. The van der Waals surface area contributed by atoms with E-state index >= 15 is 0 Å². The molecule has 0 aliphatic carbocycles. The lowest BCUT2D eigenvalue weighted by Gasteiger charge is -2.29. The molecule has 0 spiro atoms. The molecule has 2 aromatic carbocycles. The number of anilines is 1. The molecule has 1 N–H and O–H groups in total. The molecule has 0 atom stereocenters. The van der Waals surface area contributed by atoms with Crippen LogP contribution in [-0.4, -0.2) is 44.3 Å². The van der Waals surface area contributed by atoms with Gasteiger partial charge in [-0.1, -0.05) is 24.3 Å². The number of hydrogen-bond acceptors (Lipinski definition) is 3. The number of nitrogens with one attached hydrogen (secondary N) is 1. The minimum absolute atomic E-state index is 0.187. The van der Waals surface area contributed by atoms with Crippen molar-refractivity contribution in [2.24, 2.45) is 0 Å². The van der Waals surface area contributed by atoms with Gasteiger partial charge in [0.15, 0.2) is 0 Å². The second-order valence-electron chi connectivity index (χ2n) is 6.86. The second-order valence-corrected chi connectivity index (χ2v) is 6.86. The molecule has 3 rings (SSSR count). The van der Waals surface area contributed by atoms with Crippen LogP contribution in [0.4, 0.5) is 14.9 Å². The summed E-state index contributed by atoms with van der Waals surface area (Å²) in [5, 5.41) is 2.83. The maximum absolute atomic E-state index is 13.6. The van der Waals surface area contributed by atoms with Gasteiger partial charge in [0.2, 0.25) is 0 Å². The number of urea groups is 1.